The first-order chi connectivity index (χ1) is 9.41. The summed E-state index contributed by atoms with van der Waals surface area (Å²) in [5.41, 5.74) is 1.13. The number of aromatic nitrogens is 2. The molecule has 0 aliphatic carbocycles. The lowest BCUT2D eigenvalue weighted by atomic mass is 9.88. The third-order valence-electron chi connectivity index (χ3n) is 3.59. The van der Waals surface area contributed by atoms with Gasteiger partial charge in [0.15, 0.2) is 0 Å². The van der Waals surface area contributed by atoms with E-state index in [0.717, 1.165) is 23.3 Å². The molecule has 1 heterocycles. The van der Waals surface area contributed by atoms with Gasteiger partial charge in [-0.25, -0.2) is 4.98 Å². The van der Waals surface area contributed by atoms with Crippen LogP contribution in [0.4, 0.5) is 11.8 Å². The SMILES string of the molecule is CCNc1nc(NC(C)C(C)(C)C)c2ccccc2n1. The molecule has 1 atom stereocenters. The van der Waals surface area contributed by atoms with Crippen molar-refractivity contribution < 1.29 is 0 Å². The molecular formula is C16H24N4. The predicted molar refractivity (Wildman–Crippen MR) is 86.2 cm³/mol. The summed E-state index contributed by atoms with van der Waals surface area (Å²) >= 11 is 0. The van der Waals surface area contributed by atoms with Crippen LogP contribution in [0.5, 0.6) is 0 Å². The van der Waals surface area contributed by atoms with Crippen LogP contribution in [0.2, 0.25) is 0 Å². The molecule has 2 N–H and O–H groups in total. The van der Waals surface area contributed by atoms with Gasteiger partial charge in [0.1, 0.15) is 5.82 Å². The molecule has 0 saturated heterocycles. The minimum Gasteiger partial charge on any atom is -0.366 e. The minimum absolute atomic E-state index is 0.171. The summed E-state index contributed by atoms with van der Waals surface area (Å²) in [6.45, 7) is 11.7. The van der Waals surface area contributed by atoms with E-state index in [1.165, 1.54) is 0 Å². The normalized spacial score (nSPS) is 13.2. The van der Waals surface area contributed by atoms with Crippen LogP contribution in [0.15, 0.2) is 24.3 Å². The quantitative estimate of drug-likeness (QED) is 0.886. The molecule has 0 bridgehead atoms. The van der Waals surface area contributed by atoms with Crippen LogP contribution in [0, 0.1) is 5.41 Å². The molecule has 4 heteroatoms. The van der Waals surface area contributed by atoms with Gasteiger partial charge in [0.25, 0.3) is 0 Å². The molecule has 0 amide bonds. The number of hydrogen-bond donors (Lipinski definition) is 2. The minimum atomic E-state index is 0.171. The van der Waals surface area contributed by atoms with E-state index < -0.39 is 0 Å². The molecule has 0 fully saturated rings. The van der Waals surface area contributed by atoms with E-state index in [1.807, 2.05) is 25.1 Å². The smallest absolute Gasteiger partial charge is 0.225 e. The van der Waals surface area contributed by atoms with Gasteiger partial charge in [-0.05, 0) is 31.4 Å². The van der Waals surface area contributed by atoms with Gasteiger partial charge >= 0.3 is 0 Å². The number of nitrogens with one attached hydrogen (secondary N) is 2. The van der Waals surface area contributed by atoms with E-state index in [1.54, 1.807) is 0 Å². The average molecular weight is 272 g/mol. The third-order valence-corrected chi connectivity index (χ3v) is 3.59. The zero-order valence-electron chi connectivity index (χ0n) is 13.0. The fraction of sp³-hybridized carbons (Fsp3) is 0.500. The zero-order chi connectivity index (χ0) is 14.8. The number of anilines is 2. The predicted octanol–water partition coefficient (Wildman–Crippen LogP) is 3.91. The lowest BCUT2D eigenvalue weighted by Crippen LogP contribution is -2.31. The van der Waals surface area contributed by atoms with Crippen molar-refractivity contribution in [3.05, 3.63) is 24.3 Å². The number of hydrogen-bond acceptors (Lipinski definition) is 4. The molecule has 0 radical (unpaired) electrons. The lowest BCUT2D eigenvalue weighted by molar-refractivity contribution is 0.359. The van der Waals surface area contributed by atoms with Crippen molar-refractivity contribution in [2.75, 3.05) is 17.2 Å². The number of nitrogens with zero attached hydrogens (tertiary/aromatic N) is 2. The summed E-state index contributed by atoms with van der Waals surface area (Å²) in [5.74, 6) is 1.57. The van der Waals surface area contributed by atoms with Gasteiger partial charge < -0.3 is 10.6 Å². The molecule has 0 aliphatic rings. The summed E-state index contributed by atoms with van der Waals surface area (Å²) in [6, 6.07) is 8.41. The highest BCUT2D eigenvalue weighted by molar-refractivity contribution is 5.90. The van der Waals surface area contributed by atoms with Gasteiger partial charge in [0.2, 0.25) is 5.95 Å². The van der Waals surface area contributed by atoms with Gasteiger partial charge in [-0.3, -0.25) is 0 Å². The highest BCUT2D eigenvalue weighted by Crippen LogP contribution is 2.27. The first kappa shape index (κ1) is 14.6. The number of benzene rings is 1. The van der Waals surface area contributed by atoms with Crippen molar-refractivity contribution >= 4 is 22.7 Å². The van der Waals surface area contributed by atoms with Crippen LogP contribution in [-0.4, -0.2) is 22.6 Å². The van der Waals surface area contributed by atoms with Crippen LogP contribution in [0.25, 0.3) is 10.9 Å². The molecule has 20 heavy (non-hydrogen) atoms. The van der Waals surface area contributed by atoms with Gasteiger partial charge in [0.05, 0.1) is 5.52 Å². The van der Waals surface area contributed by atoms with E-state index in [9.17, 15) is 0 Å². The maximum atomic E-state index is 4.61. The topological polar surface area (TPSA) is 49.8 Å². The number of rotatable bonds is 4. The molecule has 0 aliphatic heterocycles. The molecule has 0 saturated carbocycles. The fourth-order valence-electron chi connectivity index (χ4n) is 1.85. The Labute approximate surface area is 121 Å². The Hall–Kier alpha value is -1.84. The van der Waals surface area contributed by atoms with Crippen LogP contribution < -0.4 is 10.6 Å². The van der Waals surface area contributed by atoms with Crippen molar-refractivity contribution in [3.63, 3.8) is 0 Å². The molecule has 2 rings (SSSR count). The Bertz CT molecular complexity index is 587. The maximum Gasteiger partial charge on any atom is 0.225 e. The van der Waals surface area contributed by atoms with E-state index in [0.29, 0.717) is 12.0 Å². The number of fused-ring (bicyclic) bond motifs is 1. The van der Waals surface area contributed by atoms with E-state index in [4.69, 9.17) is 0 Å². The van der Waals surface area contributed by atoms with Crippen molar-refractivity contribution in [1.29, 1.82) is 0 Å². The molecule has 1 aromatic carbocycles. The Balaban J connectivity index is 2.44. The molecule has 4 nitrogen and oxygen atoms in total. The van der Waals surface area contributed by atoms with Gasteiger partial charge in [-0.15, -0.1) is 0 Å². The van der Waals surface area contributed by atoms with Crippen molar-refractivity contribution in [1.82, 2.24) is 9.97 Å². The molecular weight excluding hydrogens is 248 g/mol. The lowest BCUT2D eigenvalue weighted by Gasteiger charge is -2.29. The van der Waals surface area contributed by atoms with E-state index >= 15 is 0 Å². The zero-order valence-corrected chi connectivity index (χ0v) is 13.0. The molecule has 1 unspecified atom stereocenters. The Morgan fingerprint density at radius 2 is 1.85 bits per heavy atom. The summed E-state index contributed by atoms with van der Waals surface area (Å²) in [6.07, 6.45) is 0. The average Bonchev–Trinajstić information content (AvgIpc) is 2.38. The second-order valence-electron chi connectivity index (χ2n) is 6.18. The van der Waals surface area contributed by atoms with Crippen LogP contribution in [0.1, 0.15) is 34.6 Å². The largest absolute Gasteiger partial charge is 0.366 e. The first-order valence-corrected chi connectivity index (χ1v) is 7.19. The summed E-state index contributed by atoms with van der Waals surface area (Å²) < 4.78 is 0. The highest BCUT2D eigenvalue weighted by Gasteiger charge is 2.21. The summed E-state index contributed by atoms with van der Waals surface area (Å²) in [5, 5.41) is 7.78. The summed E-state index contributed by atoms with van der Waals surface area (Å²) in [4.78, 5) is 9.14. The fourth-order valence-corrected chi connectivity index (χ4v) is 1.85. The molecule has 108 valence electrons. The van der Waals surface area contributed by atoms with Gasteiger partial charge in [-0.1, -0.05) is 32.9 Å². The molecule has 0 spiro atoms. The van der Waals surface area contributed by atoms with Gasteiger partial charge in [0, 0.05) is 18.0 Å². The monoisotopic (exact) mass is 272 g/mol. The Morgan fingerprint density at radius 1 is 1.15 bits per heavy atom. The molecule has 2 aromatic rings. The van der Waals surface area contributed by atoms with Crippen LogP contribution in [0.3, 0.4) is 0 Å². The standard InChI is InChI=1S/C16H24N4/c1-6-17-15-19-13-10-8-7-9-12(13)14(20-15)18-11(2)16(3,4)5/h7-11H,6H2,1-5H3,(H2,17,18,19,20). The number of para-hydroxylation sites is 1. The van der Waals surface area contributed by atoms with E-state index in [2.05, 4.69) is 54.4 Å². The van der Waals surface area contributed by atoms with Crippen molar-refractivity contribution in [3.8, 4) is 0 Å². The van der Waals surface area contributed by atoms with Gasteiger partial charge in [-0.2, -0.15) is 4.98 Å². The maximum absolute atomic E-state index is 4.61. The second-order valence-corrected chi connectivity index (χ2v) is 6.18. The highest BCUT2D eigenvalue weighted by atomic mass is 15.1. The summed E-state index contributed by atoms with van der Waals surface area (Å²) in [7, 11) is 0. The first-order valence-electron chi connectivity index (χ1n) is 7.19. The van der Waals surface area contributed by atoms with E-state index in [-0.39, 0.29) is 5.41 Å². The van der Waals surface area contributed by atoms with Crippen molar-refractivity contribution in [2.45, 2.75) is 40.7 Å². The van der Waals surface area contributed by atoms with Crippen LogP contribution in [-0.2, 0) is 0 Å². The Morgan fingerprint density at radius 3 is 2.50 bits per heavy atom. The van der Waals surface area contributed by atoms with Crippen LogP contribution >= 0.6 is 0 Å². The van der Waals surface area contributed by atoms with Crippen molar-refractivity contribution in [2.24, 2.45) is 5.41 Å². The molecule has 1 aromatic heterocycles. The Kier molecular flexibility index (Phi) is 4.12. The third kappa shape index (κ3) is 3.18. The second kappa shape index (κ2) is 5.65.